The number of rotatable bonds is 4. The Morgan fingerprint density at radius 1 is 0.968 bits per heavy atom. The summed E-state index contributed by atoms with van der Waals surface area (Å²) in [4.78, 5) is 26.0. The van der Waals surface area contributed by atoms with Crippen molar-refractivity contribution in [2.24, 2.45) is 0 Å². The Kier molecular flexibility index (Phi) is 4.71. The molecule has 3 atom stereocenters. The molecule has 9 heteroatoms. The number of carbonyl (C=O) groups is 2. The normalized spacial score (nSPS) is 23.3. The molecule has 1 fully saturated rings. The summed E-state index contributed by atoms with van der Waals surface area (Å²) in [6.07, 6.45) is 0. The van der Waals surface area contributed by atoms with Crippen molar-refractivity contribution < 1.29 is 14.0 Å². The molecular weight excluding hydrogens is 418 g/mol. The first kappa shape index (κ1) is 19.3. The highest BCUT2D eigenvalue weighted by molar-refractivity contribution is 6.37. The average molecular weight is 436 g/mol. The Morgan fingerprint density at radius 2 is 1.61 bits per heavy atom. The average Bonchev–Trinajstić information content (AvgIpc) is 3.26. The summed E-state index contributed by atoms with van der Waals surface area (Å²) in [6, 6.07) is 17.8. The van der Waals surface area contributed by atoms with Crippen LogP contribution in [0.5, 0.6) is 0 Å². The minimum atomic E-state index is -0.702. The van der Waals surface area contributed by atoms with Gasteiger partial charge in [-0.3, -0.25) is 9.69 Å². The topological polar surface area (TPSA) is 100 Å². The molecule has 3 aromatic rings. The van der Waals surface area contributed by atoms with Gasteiger partial charge in [-0.05, 0) is 18.1 Å². The maximum absolute atomic E-state index is 12.5. The number of β-lactam (4-membered cyclic amide) rings is 1. The third-order valence-electron chi connectivity index (χ3n) is 5.42. The predicted octanol–water partition coefficient (Wildman–Crippen LogP) is 3.55. The number of hydrogen-bond donors (Lipinski definition) is 2. The van der Waals surface area contributed by atoms with Crippen molar-refractivity contribution in [3.63, 3.8) is 0 Å². The van der Waals surface area contributed by atoms with Crippen LogP contribution in [-0.4, -0.2) is 27.5 Å². The Bertz CT molecular complexity index is 1180. The largest absolute Gasteiger partial charge is 0.403 e. The van der Waals surface area contributed by atoms with Crippen molar-refractivity contribution in [1.82, 2.24) is 20.8 Å². The first-order chi connectivity index (χ1) is 15.0. The summed E-state index contributed by atoms with van der Waals surface area (Å²) in [5.41, 5.74) is 2.98. The van der Waals surface area contributed by atoms with E-state index in [2.05, 4.69) is 20.8 Å². The van der Waals surface area contributed by atoms with Gasteiger partial charge in [0.15, 0.2) is 0 Å². The number of anilines is 1. The number of alkyl halides is 1. The van der Waals surface area contributed by atoms with E-state index in [-0.39, 0.29) is 23.8 Å². The van der Waals surface area contributed by atoms with Gasteiger partial charge in [0.2, 0.25) is 5.89 Å². The van der Waals surface area contributed by atoms with Gasteiger partial charge in [-0.2, -0.15) is 0 Å². The predicted molar refractivity (Wildman–Crippen MR) is 114 cm³/mol. The quantitative estimate of drug-likeness (QED) is 0.482. The monoisotopic (exact) mass is 435 g/mol. The van der Waals surface area contributed by atoms with Crippen LogP contribution < -0.4 is 15.5 Å². The van der Waals surface area contributed by atoms with Crippen LogP contribution in [-0.2, 0) is 4.79 Å². The third-order valence-corrected chi connectivity index (χ3v) is 5.85. The maximum atomic E-state index is 12.5. The van der Waals surface area contributed by atoms with E-state index in [1.54, 1.807) is 6.92 Å². The lowest BCUT2D eigenvalue weighted by molar-refractivity contribution is -0.124. The fraction of sp³-hybridized carbons (Fsp3) is 0.182. The molecule has 2 N–H and O–H groups in total. The molecule has 3 unspecified atom stereocenters. The molecule has 0 saturated carbocycles. The van der Waals surface area contributed by atoms with E-state index >= 15 is 0 Å². The highest BCUT2D eigenvalue weighted by Crippen LogP contribution is 2.42. The van der Waals surface area contributed by atoms with E-state index in [1.165, 1.54) is 4.90 Å². The first-order valence-corrected chi connectivity index (χ1v) is 10.2. The van der Waals surface area contributed by atoms with Gasteiger partial charge >= 0.3 is 12.0 Å². The number of amides is 3. The second-order valence-electron chi connectivity index (χ2n) is 7.34. The van der Waals surface area contributed by atoms with E-state index in [0.29, 0.717) is 11.3 Å². The molecule has 1 saturated heterocycles. The van der Waals surface area contributed by atoms with E-state index in [4.69, 9.17) is 16.0 Å². The number of nitrogens with zero attached hydrogens (tertiary/aromatic N) is 3. The summed E-state index contributed by atoms with van der Waals surface area (Å²) in [7, 11) is 0. The van der Waals surface area contributed by atoms with Gasteiger partial charge in [0.1, 0.15) is 5.38 Å². The molecule has 0 radical (unpaired) electrons. The minimum absolute atomic E-state index is 0.0646. The first-order valence-electron chi connectivity index (χ1n) is 9.74. The minimum Gasteiger partial charge on any atom is -0.403 e. The maximum Gasteiger partial charge on any atom is 0.325 e. The lowest BCUT2D eigenvalue weighted by Gasteiger charge is -2.41. The molecule has 1 aromatic heterocycles. The standard InChI is InChI=1S/C22H18ClN5O3/c1-12-15(17(25-21(30)24-12)13-8-4-2-5-9-13)19-26-27-22(31-19)28-18(16(23)20(28)29)14-10-6-3-7-11-14/h2-11,16-18H,1H3,(H2,24,25,30). The van der Waals surface area contributed by atoms with Crippen LogP contribution in [0.25, 0.3) is 5.57 Å². The smallest absolute Gasteiger partial charge is 0.325 e. The zero-order valence-corrected chi connectivity index (χ0v) is 17.2. The molecule has 8 nitrogen and oxygen atoms in total. The molecule has 3 heterocycles. The second kappa shape index (κ2) is 7.55. The Labute approximate surface area is 182 Å². The number of benzene rings is 2. The second-order valence-corrected chi connectivity index (χ2v) is 7.81. The lowest BCUT2D eigenvalue weighted by Crippen LogP contribution is -2.56. The highest BCUT2D eigenvalue weighted by Gasteiger charge is 2.50. The molecule has 31 heavy (non-hydrogen) atoms. The van der Waals surface area contributed by atoms with Crippen LogP contribution in [0.4, 0.5) is 10.8 Å². The number of halogens is 1. The number of carbonyl (C=O) groups excluding carboxylic acids is 2. The van der Waals surface area contributed by atoms with Crippen molar-refractivity contribution in [3.8, 4) is 0 Å². The van der Waals surface area contributed by atoms with Crippen molar-refractivity contribution in [2.75, 3.05) is 4.90 Å². The number of hydrogen-bond acceptors (Lipinski definition) is 5. The highest BCUT2D eigenvalue weighted by atomic mass is 35.5. The van der Waals surface area contributed by atoms with Crippen LogP contribution >= 0.6 is 11.6 Å². The molecule has 2 aliphatic heterocycles. The summed E-state index contributed by atoms with van der Waals surface area (Å²) in [5.74, 6) is -0.0856. The molecule has 5 rings (SSSR count). The molecule has 0 bridgehead atoms. The van der Waals surface area contributed by atoms with Crippen molar-refractivity contribution in [3.05, 3.63) is 83.4 Å². The van der Waals surface area contributed by atoms with Gasteiger partial charge in [0.25, 0.3) is 5.91 Å². The molecule has 0 spiro atoms. The van der Waals surface area contributed by atoms with Gasteiger partial charge in [0.05, 0.1) is 17.7 Å². The van der Waals surface area contributed by atoms with Crippen molar-refractivity contribution >= 4 is 35.1 Å². The van der Waals surface area contributed by atoms with Gasteiger partial charge in [-0.25, -0.2) is 4.79 Å². The summed E-state index contributed by atoms with van der Waals surface area (Å²) < 4.78 is 5.93. The molecule has 3 amide bonds. The van der Waals surface area contributed by atoms with Crippen molar-refractivity contribution in [1.29, 1.82) is 0 Å². The zero-order chi connectivity index (χ0) is 21.5. The molecule has 2 aromatic carbocycles. The molecule has 0 aliphatic carbocycles. The van der Waals surface area contributed by atoms with Gasteiger partial charge in [0, 0.05) is 5.70 Å². The van der Waals surface area contributed by atoms with Gasteiger partial charge in [-0.15, -0.1) is 16.7 Å². The van der Waals surface area contributed by atoms with E-state index in [0.717, 1.165) is 11.1 Å². The van der Waals surface area contributed by atoms with Crippen LogP contribution in [0.3, 0.4) is 0 Å². The lowest BCUT2D eigenvalue weighted by atomic mass is 9.94. The zero-order valence-electron chi connectivity index (χ0n) is 16.4. The van der Waals surface area contributed by atoms with Gasteiger partial charge < -0.3 is 15.1 Å². The Balaban J connectivity index is 1.51. The number of allylic oxidation sites excluding steroid dienone is 1. The number of aromatic nitrogens is 2. The van der Waals surface area contributed by atoms with Crippen LogP contribution in [0.15, 0.2) is 70.8 Å². The van der Waals surface area contributed by atoms with Crippen molar-refractivity contribution in [2.45, 2.75) is 24.4 Å². The molecule has 156 valence electrons. The van der Waals surface area contributed by atoms with E-state index in [9.17, 15) is 9.59 Å². The number of nitrogens with one attached hydrogen (secondary N) is 2. The van der Waals surface area contributed by atoms with Crippen LogP contribution in [0.1, 0.15) is 36.0 Å². The third kappa shape index (κ3) is 3.25. The van der Waals surface area contributed by atoms with Crippen LogP contribution in [0, 0.1) is 0 Å². The SMILES string of the molecule is CC1=C(c2nnc(N3C(=O)C(Cl)C3c3ccccc3)o2)C(c2ccccc2)NC(=O)N1. The Hall–Kier alpha value is -3.65. The summed E-state index contributed by atoms with van der Waals surface area (Å²) in [5, 5.41) is 13.2. The van der Waals surface area contributed by atoms with Gasteiger partial charge in [-0.1, -0.05) is 65.8 Å². The summed E-state index contributed by atoms with van der Waals surface area (Å²) >= 11 is 6.29. The molecular formula is C22H18ClN5O3. The van der Waals surface area contributed by atoms with E-state index < -0.39 is 17.5 Å². The number of urea groups is 1. The fourth-order valence-electron chi connectivity index (χ4n) is 3.93. The van der Waals surface area contributed by atoms with Crippen LogP contribution in [0.2, 0.25) is 0 Å². The van der Waals surface area contributed by atoms with E-state index in [1.807, 2.05) is 60.7 Å². The summed E-state index contributed by atoms with van der Waals surface area (Å²) in [6.45, 7) is 1.77. The fourth-order valence-corrected chi connectivity index (χ4v) is 4.29. The molecule has 2 aliphatic rings. The Morgan fingerprint density at radius 3 is 2.29 bits per heavy atom.